The number of thioether (sulfide) groups is 1. The first-order valence-corrected chi connectivity index (χ1v) is 11.0. The van der Waals surface area contributed by atoms with Crippen molar-refractivity contribution in [2.24, 2.45) is 5.92 Å². The SMILES string of the molecule is COCCCNC(=O)CSC1=C(C#N)[C@H](c2ccc(C(=O)OC)cc2)[C@@H](C(=O)OC)C(=O)N1. The average molecular weight is 476 g/mol. The molecule has 1 aliphatic rings. The fraction of sp³-hybridized carbons (Fsp3) is 0.409. The van der Waals surface area contributed by atoms with Gasteiger partial charge in [-0.1, -0.05) is 23.9 Å². The zero-order valence-corrected chi connectivity index (χ0v) is 19.3. The molecule has 1 aromatic rings. The lowest BCUT2D eigenvalue weighted by molar-refractivity contribution is -0.150. The second-order valence-electron chi connectivity index (χ2n) is 6.92. The predicted octanol–water partition coefficient (Wildman–Crippen LogP) is 1.10. The maximum Gasteiger partial charge on any atom is 0.337 e. The molecule has 0 aliphatic carbocycles. The summed E-state index contributed by atoms with van der Waals surface area (Å²) < 4.78 is 14.4. The molecule has 2 atom stereocenters. The minimum Gasteiger partial charge on any atom is -0.468 e. The van der Waals surface area contributed by atoms with Gasteiger partial charge in [-0.05, 0) is 24.1 Å². The van der Waals surface area contributed by atoms with Gasteiger partial charge in [0.25, 0.3) is 0 Å². The molecule has 11 heteroatoms. The normalized spacial score (nSPS) is 17.6. The van der Waals surface area contributed by atoms with Gasteiger partial charge in [0, 0.05) is 26.2 Å². The minimum absolute atomic E-state index is 0.0370. The van der Waals surface area contributed by atoms with E-state index in [1.165, 1.54) is 19.2 Å². The lowest BCUT2D eigenvalue weighted by atomic mass is 9.78. The molecule has 0 bridgehead atoms. The fourth-order valence-corrected chi connectivity index (χ4v) is 4.14. The van der Waals surface area contributed by atoms with Crippen molar-refractivity contribution in [1.29, 1.82) is 5.26 Å². The molecule has 0 unspecified atom stereocenters. The molecule has 1 heterocycles. The van der Waals surface area contributed by atoms with E-state index in [0.717, 1.165) is 18.9 Å². The van der Waals surface area contributed by atoms with Gasteiger partial charge in [0.15, 0.2) is 0 Å². The number of benzene rings is 1. The highest BCUT2D eigenvalue weighted by molar-refractivity contribution is 8.03. The van der Waals surface area contributed by atoms with Crippen LogP contribution in [-0.2, 0) is 28.6 Å². The van der Waals surface area contributed by atoms with Crippen molar-refractivity contribution < 1.29 is 33.4 Å². The Balaban J connectivity index is 2.34. The summed E-state index contributed by atoms with van der Waals surface area (Å²) in [5.74, 6) is -4.56. The van der Waals surface area contributed by atoms with E-state index in [1.807, 2.05) is 0 Å². The Labute approximate surface area is 195 Å². The summed E-state index contributed by atoms with van der Waals surface area (Å²) in [7, 11) is 3.98. The largest absolute Gasteiger partial charge is 0.468 e. The van der Waals surface area contributed by atoms with Gasteiger partial charge in [-0.25, -0.2) is 4.79 Å². The summed E-state index contributed by atoms with van der Waals surface area (Å²) in [5, 5.41) is 15.4. The highest BCUT2D eigenvalue weighted by Gasteiger charge is 2.44. The zero-order chi connectivity index (χ0) is 24.4. The number of esters is 2. The smallest absolute Gasteiger partial charge is 0.337 e. The number of rotatable bonds is 10. The molecule has 1 aromatic carbocycles. The predicted molar refractivity (Wildman–Crippen MR) is 119 cm³/mol. The molecule has 1 aliphatic heterocycles. The van der Waals surface area contributed by atoms with E-state index in [9.17, 15) is 24.4 Å². The lowest BCUT2D eigenvalue weighted by Gasteiger charge is -2.31. The van der Waals surface area contributed by atoms with Gasteiger partial charge in [-0.3, -0.25) is 14.4 Å². The Bertz CT molecular complexity index is 969. The van der Waals surface area contributed by atoms with Crippen LogP contribution in [0.25, 0.3) is 0 Å². The van der Waals surface area contributed by atoms with Crippen LogP contribution in [0.5, 0.6) is 0 Å². The third kappa shape index (κ3) is 6.57. The molecule has 0 aromatic heterocycles. The Kier molecular flexibility index (Phi) is 9.90. The van der Waals surface area contributed by atoms with Gasteiger partial charge in [0.2, 0.25) is 11.8 Å². The average Bonchev–Trinajstić information content (AvgIpc) is 2.84. The van der Waals surface area contributed by atoms with Gasteiger partial charge in [-0.2, -0.15) is 5.26 Å². The second kappa shape index (κ2) is 12.6. The van der Waals surface area contributed by atoms with Crippen LogP contribution in [-0.4, -0.2) is 64.0 Å². The third-order valence-electron chi connectivity index (χ3n) is 4.87. The van der Waals surface area contributed by atoms with Gasteiger partial charge < -0.3 is 24.8 Å². The number of nitriles is 1. The molecule has 176 valence electrons. The van der Waals surface area contributed by atoms with Crippen LogP contribution in [0.2, 0.25) is 0 Å². The summed E-state index contributed by atoms with van der Waals surface area (Å²) in [6.07, 6.45) is 0.653. The number of hydrogen-bond donors (Lipinski definition) is 2. The molecule has 0 radical (unpaired) electrons. The highest BCUT2D eigenvalue weighted by atomic mass is 32.2. The number of hydrogen-bond acceptors (Lipinski definition) is 9. The summed E-state index contributed by atoms with van der Waals surface area (Å²) >= 11 is 0.993. The van der Waals surface area contributed by atoms with Crippen LogP contribution in [0.15, 0.2) is 34.9 Å². The molecular weight excluding hydrogens is 450 g/mol. The van der Waals surface area contributed by atoms with E-state index in [1.54, 1.807) is 19.2 Å². The molecule has 0 saturated carbocycles. The zero-order valence-electron chi connectivity index (χ0n) is 18.5. The minimum atomic E-state index is -1.30. The van der Waals surface area contributed by atoms with Gasteiger partial charge in [0.05, 0.1) is 42.2 Å². The van der Waals surface area contributed by atoms with E-state index < -0.39 is 29.7 Å². The van der Waals surface area contributed by atoms with Crippen molar-refractivity contribution in [3.63, 3.8) is 0 Å². The van der Waals surface area contributed by atoms with E-state index >= 15 is 0 Å². The maximum atomic E-state index is 12.8. The van der Waals surface area contributed by atoms with Crippen molar-refractivity contribution in [3.8, 4) is 6.07 Å². The number of ether oxygens (including phenoxy) is 3. The number of carbonyl (C=O) groups is 4. The molecular formula is C22H25N3O7S. The lowest BCUT2D eigenvalue weighted by Crippen LogP contribution is -2.44. The van der Waals surface area contributed by atoms with E-state index in [2.05, 4.69) is 21.4 Å². The van der Waals surface area contributed by atoms with E-state index in [-0.39, 0.29) is 27.8 Å². The third-order valence-corrected chi connectivity index (χ3v) is 5.89. The van der Waals surface area contributed by atoms with Crippen LogP contribution < -0.4 is 10.6 Å². The van der Waals surface area contributed by atoms with Gasteiger partial charge >= 0.3 is 11.9 Å². The monoisotopic (exact) mass is 475 g/mol. The summed E-state index contributed by atoms with van der Waals surface area (Å²) in [6.45, 7) is 0.946. The molecule has 10 nitrogen and oxygen atoms in total. The van der Waals surface area contributed by atoms with Crippen LogP contribution in [0.4, 0.5) is 0 Å². The Morgan fingerprint density at radius 1 is 1.15 bits per heavy atom. The summed E-state index contributed by atoms with van der Waals surface area (Å²) in [4.78, 5) is 49.1. The number of nitrogens with one attached hydrogen (secondary N) is 2. The molecule has 0 saturated heterocycles. The number of allylic oxidation sites excluding steroid dienone is 1. The standard InChI is InChI=1S/C22H25N3O7S/c1-30-10-4-9-24-16(26)12-33-20-15(11-23)17(18(19(27)25-20)22(29)32-3)13-5-7-14(8-6-13)21(28)31-2/h5-8,17-18H,4,9-10,12H2,1-3H3,(H,24,26)(H,25,27)/t17-,18+/m0/s1. The number of carbonyl (C=O) groups excluding carboxylic acids is 4. The molecule has 33 heavy (non-hydrogen) atoms. The van der Waals surface area contributed by atoms with Crippen molar-refractivity contribution in [2.45, 2.75) is 12.3 Å². The van der Waals surface area contributed by atoms with Gasteiger partial charge in [0.1, 0.15) is 5.92 Å². The summed E-state index contributed by atoms with van der Waals surface area (Å²) in [5.41, 5.74) is 0.859. The number of amides is 2. The van der Waals surface area contributed by atoms with Crippen molar-refractivity contribution in [3.05, 3.63) is 46.0 Å². The van der Waals surface area contributed by atoms with Crippen LogP contribution in [0.3, 0.4) is 0 Å². The second-order valence-corrected chi connectivity index (χ2v) is 7.91. The Morgan fingerprint density at radius 2 is 1.85 bits per heavy atom. The van der Waals surface area contributed by atoms with Gasteiger partial charge in [-0.15, -0.1) is 0 Å². The van der Waals surface area contributed by atoms with E-state index in [0.29, 0.717) is 25.1 Å². The Hall–Kier alpha value is -3.36. The first kappa shape index (κ1) is 25.9. The molecule has 0 fully saturated rings. The molecule has 0 spiro atoms. The fourth-order valence-electron chi connectivity index (χ4n) is 3.26. The molecule has 2 N–H and O–H groups in total. The number of nitrogens with zero attached hydrogens (tertiary/aromatic N) is 1. The quantitative estimate of drug-likeness (QED) is 0.289. The van der Waals surface area contributed by atoms with Crippen LogP contribution >= 0.6 is 11.8 Å². The highest BCUT2D eigenvalue weighted by Crippen LogP contribution is 2.40. The first-order chi connectivity index (χ1) is 15.9. The van der Waals surface area contributed by atoms with Crippen LogP contribution in [0, 0.1) is 17.2 Å². The number of methoxy groups -OCH3 is 3. The summed E-state index contributed by atoms with van der Waals surface area (Å²) in [6, 6.07) is 8.13. The van der Waals surface area contributed by atoms with Crippen molar-refractivity contribution in [2.75, 3.05) is 40.2 Å². The topological polar surface area (TPSA) is 144 Å². The first-order valence-electron chi connectivity index (χ1n) is 9.97. The molecule has 2 rings (SSSR count). The van der Waals surface area contributed by atoms with Crippen LogP contribution in [0.1, 0.15) is 28.3 Å². The van der Waals surface area contributed by atoms with E-state index in [4.69, 9.17) is 9.47 Å². The maximum absolute atomic E-state index is 12.8. The van der Waals surface area contributed by atoms with Crippen molar-refractivity contribution >= 4 is 35.5 Å². The Morgan fingerprint density at radius 3 is 2.42 bits per heavy atom. The van der Waals surface area contributed by atoms with Crippen molar-refractivity contribution in [1.82, 2.24) is 10.6 Å². The molecule has 2 amide bonds.